The fourth-order valence-electron chi connectivity index (χ4n) is 2.71. The molecule has 10 heteroatoms. The molecule has 0 saturated carbocycles. The van der Waals surface area contributed by atoms with Gasteiger partial charge in [0.2, 0.25) is 11.8 Å². The van der Waals surface area contributed by atoms with Crippen LogP contribution in [0.3, 0.4) is 0 Å². The second-order valence-electron chi connectivity index (χ2n) is 5.92. The first kappa shape index (κ1) is 25.8. The predicted octanol–water partition coefficient (Wildman–Crippen LogP) is 1.31. The van der Waals surface area contributed by atoms with Crippen LogP contribution in [-0.2, 0) is 14.3 Å². The summed E-state index contributed by atoms with van der Waals surface area (Å²) in [5, 5.41) is 3.33. The minimum absolute atomic E-state index is 0. The van der Waals surface area contributed by atoms with Crippen LogP contribution in [0.1, 0.15) is 6.42 Å². The second kappa shape index (κ2) is 13.0. The van der Waals surface area contributed by atoms with Gasteiger partial charge in [0.25, 0.3) is 0 Å². The van der Waals surface area contributed by atoms with Gasteiger partial charge in [0, 0.05) is 50.5 Å². The van der Waals surface area contributed by atoms with Crippen molar-refractivity contribution in [2.45, 2.75) is 12.5 Å². The van der Waals surface area contributed by atoms with Crippen LogP contribution in [0.15, 0.2) is 24.3 Å². The number of rotatable bonds is 7. The van der Waals surface area contributed by atoms with Crippen molar-refractivity contribution in [3.05, 3.63) is 29.3 Å². The van der Waals surface area contributed by atoms with E-state index in [1.54, 1.807) is 4.90 Å². The van der Waals surface area contributed by atoms with E-state index in [4.69, 9.17) is 22.1 Å². The molecule has 1 fully saturated rings. The lowest BCUT2D eigenvalue weighted by atomic mass is 10.2. The summed E-state index contributed by atoms with van der Waals surface area (Å²) in [5.41, 5.74) is 6.54. The van der Waals surface area contributed by atoms with Crippen LogP contribution in [0.4, 0.5) is 5.69 Å². The number of hydrogen-bond donors (Lipinski definition) is 2. The molecule has 1 aliphatic rings. The third-order valence-corrected chi connectivity index (χ3v) is 4.49. The maximum atomic E-state index is 12.2. The van der Waals surface area contributed by atoms with Gasteiger partial charge in [0.15, 0.2) is 0 Å². The van der Waals surface area contributed by atoms with Crippen LogP contribution < -0.4 is 16.0 Å². The number of carbonyl (C=O) groups is 2. The van der Waals surface area contributed by atoms with Gasteiger partial charge in [0.05, 0.1) is 19.1 Å². The van der Waals surface area contributed by atoms with Gasteiger partial charge in [-0.1, -0.05) is 17.7 Å². The highest BCUT2D eigenvalue weighted by atomic mass is 35.5. The maximum absolute atomic E-state index is 12.2. The Morgan fingerprint density at radius 2 is 1.93 bits per heavy atom. The molecular weight excluding hydrogens is 415 g/mol. The molecule has 2 amide bonds. The summed E-state index contributed by atoms with van der Waals surface area (Å²) in [4.78, 5) is 28.0. The highest BCUT2D eigenvalue weighted by Crippen LogP contribution is 2.20. The lowest BCUT2D eigenvalue weighted by molar-refractivity contribution is -0.133. The third-order valence-electron chi connectivity index (χ3n) is 4.25. The van der Waals surface area contributed by atoms with E-state index in [1.807, 2.05) is 24.3 Å². The van der Waals surface area contributed by atoms with E-state index < -0.39 is 0 Å². The van der Waals surface area contributed by atoms with E-state index in [1.165, 1.54) is 7.11 Å². The highest BCUT2D eigenvalue weighted by molar-refractivity contribution is 6.30. The number of piperazine rings is 1. The molecule has 0 aromatic heterocycles. The van der Waals surface area contributed by atoms with E-state index in [2.05, 4.69) is 10.2 Å². The summed E-state index contributed by atoms with van der Waals surface area (Å²) in [7, 11) is 1.51. The number of amides is 2. The molecule has 1 aromatic carbocycles. The third kappa shape index (κ3) is 8.11. The molecule has 27 heavy (non-hydrogen) atoms. The molecule has 0 radical (unpaired) electrons. The number of carbonyl (C=O) groups excluding carboxylic acids is 2. The Balaban J connectivity index is 0.00000338. The van der Waals surface area contributed by atoms with Crippen molar-refractivity contribution in [2.24, 2.45) is 5.73 Å². The average molecular weight is 442 g/mol. The Labute approximate surface area is 177 Å². The van der Waals surface area contributed by atoms with Gasteiger partial charge in [0.1, 0.15) is 0 Å². The molecule has 0 spiro atoms. The molecule has 2 rings (SSSR count). The van der Waals surface area contributed by atoms with Crippen LogP contribution in [0.25, 0.3) is 0 Å². The van der Waals surface area contributed by atoms with Crippen molar-refractivity contribution in [1.82, 2.24) is 10.2 Å². The standard InChI is InChI=1S/C17H25ClN4O3.2ClH/c1-25-15(11-19)10-16(23)20-12-17(24)22-7-5-21(6-8-22)14-4-2-3-13(18)9-14;;/h2-4,9,15H,5-8,10-12,19H2,1H3,(H,20,23);2*1H. The van der Waals surface area contributed by atoms with Gasteiger partial charge in [-0.2, -0.15) is 0 Å². The molecule has 1 unspecified atom stereocenters. The lowest BCUT2D eigenvalue weighted by Gasteiger charge is -2.36. The van der Waals surface area contributed by atoms with Gasteiger partial charge in [-0.25, -0.2) is 0 Å². The summed E-state index contributed by atoms with van der Waals surface area (Å²) in [5.74, 6) is -0.316. The minimum atomic E-state index is -0.323. The van der Waals surface area contributed by atoms with Crippen LogP contribution in [0.2, 0.25) is 5.02 Å². The number of ether oxygens (including phenoxy) is 1. The largest absolute Gasteiger partial charge is 0.380 e. The predicted molar refractivity (Wildman–Crippen MR) is 112 cm³/mol. The molecule has 1 aromatic rings. The average Bonchev–Trinajstić information content (AvgIpc) is 2.64. The molecule has 1 atom stereocenters. The van der Waals surface area contributed by atoms with Gasteiger partial charge >= 0.3 is 0 Å². The number of nitrogens with zero attached hydrogens (tertiary/aromatic N) is 2. The highest BCUT2D eigenvalue weighted by Gasteiger charge is 2.22. The number of nitrogens with two attached hydrogens (primary N) is 1. The zero-order valence-electron chi connectivity index (χ0n) is 15.2. The summed E-state index contributed by atoms with van der Waals surface area (Å²) in [6, 6.07) is 7.68. The molecule has 0 bridgehead atoms. The fourth-order valence-corrected chi connectivity index (χ4v) is 2.90. The Kier molecular flexibility index (Phi) is 12.4. The van der Waals surface area contributed by atoms with E-state index >= 15 is 0 Å². The molecule has 1 saturated heterocycles. The Bertz CT molecular complexity index is 595. The maximum Gasteiger partial charge on any atom is 0.242 e. The number of nitrogens with one attached hydrogen (secondary N) is 1. The first-order valence-corrected chi connectivity index (χ1v) is 8.69. The molecule has 0 aliphatic carbocycles. The number of halogens is 3. The van der Waals surface area contributed by atoms with Gasteiger partial charge in [-0.15, -0.1) is 24.8 Å². The Morgan fingerprint density at radius 1 is 1.26 bits per heavy atom. The molecule has 1 heterocycles. The Morgan fingerprint density at radius 3 is 2.48 bits per heavy atom. The molecule has 1 aliphatic heterocycles. The molecule has 154 valence electrons. The molecular formula is C17H27Cl3N4O3. The Hall–Kier alpha value is -1.25. The first-order chi connectivity index (χ1) is 12.0. The lowest BCUT2D eigenvalue weighted by Crippen LogP contribution is -2.51. The second-order valence-corrected chi connectivity index (χ2v) is 6.36. The van der Waals surface area contributed by atoms with E-state index in [-0.39, 0.29) is 62.2 Å². The van der Waals surface area contributed by atoms with Crippen LogP contribution in [-0.4, -0.2) is 69.2 Å². The summed E-state index contributed by atoms with van der Waals surface area (Å²) >= 11 is 6.02. The van der Waals surface area contributed by atoms with Gasteiger partial charge in [-0.05, 0) is 18.2 Å². The van der Waals surface area contributed by atoms with Crippen molar-refractivity contribution >= 4 is 53.9 Å². The number of hydrogen-bond acceptors (Lipinski definition) is 5. The van der Waals surface area contributed by atoms with Gasteiger partial charge in [-0.3, -0.25) is 9.59 Å². The van der Waals surface area contributed by atoms with E-state index in [0.717, 1.165) is 18.8 Å². The van der Waals surface area contributed by atoms with Crippen LogP contribution in [0.5, 0.6) is 0 Å². The van der Waals surface area contributed by atoms with Crippen molar-refractivity contribution in [1.29, 1.82) is 0 Å². The van der Waals surface area contributed by atoms with Crippen molar-refractivity contribution in [2.75, 3.05) is 51.3 Å². The minimum Gasteiger partial charge on any atom is -0.380 e. The van der Waals surface area contributed by atoms with E-state index in [9.17, 15) is 9.59 Å². The van der Waals surface area contributed by atoms with E-state index in [0.29, 0.717) is 18.1 Å². The smallest absolute Gasteiger partial charge is 0.242 e. The monoisotopic (exact) mass is 440 g/mol. The zero-order valence-corrected chi connectivity index (χ0v) is 17.6. The normalized spacial score (nSPS) is 14.6. The fraction of sp³-hybridized carbons (Fsp3) is 0.529. The van der Waals surface area contributed by atoms with Crippen molar-refractivity contribution < 1.29 is 14.3 Å². The quantitative estimate of drug-likeness (QED) is 0.666. The summed E-state index contributed by atoms with van der Waals surface area (Å²) < 4.78 is 5.06. The van der Waals surface area contributed by atoms with Crippen molar-refractivity contribution in [3.8, 4) is 0 Å². The summed E-state index contributed by atoms with van der Waals surface area (Å²) in [6.07, 6.45) is -0.167. The first-order valence-electron chi connectivity index (χ1n) is 8.31. The van der Waals surface area contributed by atoms with Gasteiger partial charge < -0.3 is 25.6 Å². The molecule has 3 N–H and O–H groups in total. The SMILES string of the molecule is COC(CN)CC(=O)NCC(=O)N1CCN(c2cccc(Cl)c2)CC1.Cl.Cl. The number of anilines is 1. The molecule has 7 nitrogen and oxygen atoms in total. The van der Waals surface area contributed by atoms with Crippen LogP contribution >= 0.6 is 36.4 Å². The van der Waals surface area contributed by atoms with Crippen LogP contribution in [0, 0.1) is 0 Å². The summed E-state index contributed by atoms with van der Waals surface area (Å²) in [6.45, 7) is 2.97. The number of methoxy groups -OCH3 is 1. The topological polar surface area (TPSA) is 87.9 Å². The number of benzene rings is 1. The zero-order chi connectivity index (χ0) is 18.2. The van der Waals surface area contributed by atoms with Crippen molar-refractivity contribution in [3.63, 3.8) is 0 Å².